The van der Waals surface area contributed by atoms with Gasteiger partial charge in [-0.1, -0.05) is 0 Å². The first-order chi connectivity index (χ1) is 3.81. The van der Waals surface area contributed by atoms with Gasteiger partial charge in [0.25, 0.3) is 0 Å². The van der Waals surface area contributed by atoms with Crippen molar-refractivity contribution in [3.05, 3.63) is 7.11 Å². The average molecular weight is 150 g/mol. The summed E-state index contributed by atoms with van der Waals surface area (Å²) in [6, 6.07) is 0. The standard InChI is InChI=1S/C3H2F5O/c1-9-3(7,8)2(4,5)6/h1H2/p+1. The maximum absolute atomic E-state index is 11.2. The molecule has 6 heteroatoms. The Kier molecular flexibility index (Phi) is 2.00. The molecule has 0 aromatic carbocycles. The molecule has 1 radical (unpaired) electrons. The van der Waals surface area contributed by atoms with Gasteiger partial charge in [-0.25, -0.2) is 0 Å². The summed E-state index contributed by atoms with van der Waals surface area (Å²) in [5.74, 6) is 0. The predicted octanol–water partition coefficient (Wildman–Crippen LogP) is 2.06. The third-order valence-electron chi connectivity index (χ3n) is 0.511. The van der Waals surface area contributed by atoms with Gasteiger partial charge in [-0.15, -0.1) is 0 Å². The van der Waals surface area contributed by atoms with Crippen molar-refractivity contribution in [2.75, 3.05) is 0 Å². The van der Waals surface area contributed by atoms with E-state index in [1.807, 2.05) is 7.11 Å². The molecular weight excluding hydrogens is 147 g/mol. The van der Waals surface area contributed by atoms with Crippen LogP contribution in [0.5, 0.6) is 0 Å². The lowest BCUT2D eigenvalue weighted by atomic mass is 10.6. The Balaban J connectivity index is 0. The normalized spacial score (nSPS) is 14.0. The molecule has 0 N–H and O–H groups in total. The van der Waals surface area contributed by atoms with Crippen LogP contribution in [-0.2, 0) is 4.74 Å². The van der Waals surface area contributed by atoms with Crippen LogP contribution in [-0.4, -0.2) is 12.3 Å². The summed E-state index contributed by atoms with van der Waals surface area (Å²) in [6.45, 7) is 0. The van der Waals surface area contributed by atoms with Crippen LogP contribution in [0.15, 0.2) is 0 Å². The molecule has 9 heavy (non-hydrogen) atoms. The summed E-state index contributed by atoms with van der Waals surface area (Å²) in [7, 11) is 1.95. The van der Waals surface area contributed by atoms with Gasteiger partial charge in [0.15, 0.2) is 0 Å². The number of ether oxygens (including phenoxy) is 1. The van der Waals surface area contributed by atoms with E-state index < -0.39 is 12.3 Å². The van der Waals surface area contributed by atoms with Crippen LogP contribution in [0, 0.1) is 7.11 Å². The van der Waals surface area contributed by atoms with Gasteiger partial charge in [-0.3, -0.25) is 0 Å². The van der Waals surface area contributed by atoms with Crippen LogP contribution in [0.2, 0.25) is 0 Å². The first kappa shape index (κ1) is 8.61. The van der Waals surface area contributed by atoms with Crippen molar-refractivity contribution in [2.45, 2.75) is 12.3 Å². The van der Waals surface area contributed by atoms with Crippen molar-refractivity contribution in [3.8, 4) is 0 Å². The van der Waals surface area contributed by atoms with E-state index in [1.54, 1.807) is 0 Å². The van der Waals surface area contributed by atoms with Gasteiger partial charge >= 0.3 is 13.7 Å². The molecule has 0 unspecified atom stereocenters. The summed E-state index contributed by atoms with van der Waals surface area (Å²) in [4.78, 5) is 0. The maximum Gasteiger partial charge on any atom is 1.00 e. The van der Waals surface area contributed by atoms with E-state index in [-0.39, 0.29) is 1.43 Å². The molecule has 0 heterocycles. The Morgan fingerprint density at radius 2 is 1.44 bits per heavy atom. The third-order valence-corrected chi connectivity index (χ3v) is 0.511. The Morgan fingerprint density at radius 3 is 1.44 bits per heavy atom. The Hall–Kier alpha value is -0.390. The number of hydrogen-bond acceptors (Lipinski definition) is 1. The quantitative estimate of drug-likeness (QED) is 0.520. The van der Waals surface area contributed by atoms with E-state index in [2.05, 4.69) is 4.74 Å². The van der Waals surface area contributed by atoms with Crippen molar-refractivity contribution in [2.24, 2.45) is 0 Å². The van der Waals surface area contributed by atoms with Crippen LogP contribution < -0.4 is 0 Å². The van der Waals surface area contributed by atoms with Crippen LogP contribution in [0.1, 0.15) is 1.43 Å². The smallest absolute Gasteiger partial charge is 0.311 e. The molecule has 0 amide bonds. The monoisotopic (exact) mass is 150 g/mol. The zero-order valence-electron chi connectivity index (χ0n) is 5.01. The highest BCUT2D eigenvalue weighted by Crippen LogP contribution is 2.35. The highest BCUT2D eigenvalue weighted by Gasteiger charge is 2.58. The summed E-state index contributed by atoms with van der Waals surface area (Å²) in [6.07, 6.45) is -10.8. The molecular formula is C3H3F5O+. The van der Waals surface area contributed by atoms with Crippen molar-refractivity contribution >= 4 is 0 Å². The molecule has 0 saturated carbocycles. The fourth-order valence-electron chi connectivity index (χ4n) is 0.0818. The van der Waals surface area contributed by atoms with Crippen LogP contribution in [0.3, 0.4) is 0 Å². The molecule has 0 aliphatic carbocycles. The number of halogens is 5. The van der Waals surface area contributed by atoms with E-state index in [1.165, 1.54) is 0 Å². The molecule has 55 valence electrons. The van der Waals surface area contributed by atoms with Gasteiger partial charge < -0.3 is 4.74 Å². The molecule has 0 bridgehead atoms. The van der Waals surface area contributed by atoms with Gasteiger partial charge in [-0.2, -0.15) is 22.0 Å². The first-order valence-electron chi connectivity index (χ1n) is 1.69. The van der Waals surface area contributed by atoms with Crippen LogP contribution in [0.25, 0.3) is 0 Å². The minimum atomic E-state index is -5.67. The molecule has 0 saturated heterocycles. The lowest BCUT2D eigenvalue weighted by molar-refractivity contribution is -0.376. The first-order valence-corrected chi connectivity index (χ1v) is 1.69. The molecule has 0 spiro atoms. The maximum atomic E-state index is 11.2. The Labute approximate surface area is 48.9 Å². The predicted molar refractivity (Wildman–Crippen MR) is 18.6 cm³/mol. The van der Waals surface area contributed by atoms with Crippen molar-refractivity contribution in [1.29, 1.82) is 0 Å². The molecule has 0 aliphatic rings. The number of rotatable bonds is 1. The lowest BCUT2D eigenvalue weighted by Crippen LogP contribution is -2.37. The number of alkyl halides is 5. The summed E-state index contributed by atoms with van der Waals surface area (Å²) >= 11 is 0. The van der Waals surface area contributed by atoms with E-state index in [4.69, 9.17) is 0 Å². The Bertz CT molecular complexity index is 99.6. The third kappa shape index (κ3) is 1.78. The zero-order chi connectivity index (χ0) is 7.71. The van der Waals surface area contributed by atoms with Crippen molar-refractivity contribution < 1.29 is 28.1 Å². The van der Waals surface area contributed by atoms with Gasteiger partial charge in [0, 0.05) is 0 Å². The van der Waals surface area contributed by atoms with E-state index in [0.717, 1.165) is 0 Å². The van der Waals surface area contributed by atoms with Crippen LogP contribution in [0.4, 0.5) is 22.0 Å². The molecule has 0 aliphatic heterocycles. The van der Waals surface area contributed by atoms with E-state index >= 15 is 0 Å². The van der Waals surface area contributed by atoms with Crippen LogP contribution >= 0.6 is 0 Å². The van der Waals surface area contributed by atoms with E-state index in [0.29, 0.717) is 0 Å². The van der Waals surface area contributed by atoms with Crippen molar-refractivity contribution in [1.82, 2.24) is 0 Å². The second kappa shape index (κ2) is 2.09. The lowest BCUT2D eigenvalue weighted by Gasteiger charge is -2.15. The summed E-state index contributed by atoms with van der Waals surface area (Å²) < 4.78 is 57.9. The SMILES string of the molecule is [CH2]OC(F)(F)C(F)(F)F.[H+]. The van der Waals surface area contributed by atoms with Gasteiger partial charge in [-0.05, 0) is 0 Å². The minimum absolute atomic E-state index is 0. The van der Waals surface area contributed by atoms with Gasteiger partial charge in [0.1, 0.15) is 0 Å². The zero-order valence-corrected chi connectivity index (χ0v) is 4.01. The van der Waals surface area contributed by atoms with Gasteiger partial charge in [0.2, 0.25) is 0 Å². The van der Waals surface area contributed by atoms with E-state index in [9.17, 15) is 22.0 Å². The largest absolute Gasteiger partial charge is 1.00 e. The Morgan fingerprint density at radius 1 is 1.11 bits per heavy atom. The summed E-state index contributed by atoms with van der Waals surface area (Å²) in [5, 5.41) is 0. The summed E-state index contributed by atoms with van der Waals surface area (Å²) in [5.41, 5.74) is 0. The topological polar surface area (TPSA) is 9.23 Å². The highest BCUT2D eigenvalue weighted by molar-refractivity contribution is 4.62. The average Bonchev–Trinajstić information content (AvgIpc) is 1.64. The molecule has 1 nitrogen and oxygen atoms in total. The second-order valence-corrected chi connectivity index (χ2v) is 1.16. The highest BCUT2D eigenvalue weighted by atomic mass is 19.4. The second-order valence-electron chi connectivity index (χ2n) is 1.16. The molecule has 0 rings (SSSR count). The fraction of sp³-hybridized carbons (Fsp3) is 0.667. The molecule has 0 aromatic heterocycles. The number of hydrogen-bond donors (Lipinski definition) is 0. The van der Waals surface area contributed by atoms with Gasteiger partial charge in [0.05, 0.1) is 7.11 Å². The fourth-order valence-corrected chi connectivity index (χ4v) is 0.0818. The molecule has 0 fully saturated rings. The molecule has 0 atom stereocenters. The van der Waals surface area contributed by atoms with Crippen molar-refractivity contribution in [3.63, 3.8) is 0 Å². The molecule has 0 aromatic rings. The minimum Gasteiger partial charge on any atom is -0.311 e.